The van der Waals surface area contributed by atoms with E-state index in [-0.39, 0.29) is 5.76 Å². The van der Waals surface area contributed by atoms with Crippen LogP contribution in [-0.4, -0.2) is 18.2 Å². The molecule has 2 rings (SSSR count). The molecule has 78 valence electrons. The van der Waals surface area contributed by atoms with Crippen LogP contribution in [0.25, 0.3) is 11.0 Å². The van der Waals surface area contributed by atoms with Gasteiger partial charge in [-0.3, -0.25) is 0 Å². The van der Waals surface area contributed by atoms with Crippen LogP contribution in [0.4, 0.5) is 0 Å². The first-order valence-corrected chi connectivity index (χ1v) is 4.50. The van der Waals surface area contributed by atoms with Crippen LogP contribution in [0.3, 0.4) is 0 Å². The number of carboxylic acid groups (broad SMARTS) is 1. The summed E-state index contributed by atoms with van der Waals surface area (Å²) in [7, 11) is 1.50. The highest BCUT2D eigenvalue weighted by molar-refractivity contribution is 6.35. The van der Waals surface area contributed by atoms with Crippen LogP contribution in [0.5, 0.6) is 5.75 Å². The van der Waals surface area contributed by atoms with Gasteiger partial charge < -0.3 is 14.3 Å². The number of carbonyl (C=O) groups is 1. The minimum Gasteiger partial charge on any atom is -0.496 e. The Bertz CT molecular complexity index is 529. The first-order chi connectivity index (χ1) is 7.13. The Balaban J connectivity index is 2.77. The summed E-state index contributed by atoms with van der Waals surface area (Å²) in [6, 6.07) is 4.64. The molecule has 0 spiro atoms. The molecule has 0 unspecified atom stereocenters. The van der Waals surface area contributed by atoms with Crippen LogP contribution < -0.4 is 4.74 Å². The summed E-state index contributed by atoms with van der Waals surface area (Å²) in [4.78, 5) is 10.7. The van der Waals surface area contributed by atoms with Crippen molar-refractivity contribution in [2.24, 2.45) is 0 Å². The smallest absolute Gasteiger partial charge is 0.371 e. The van der Waals surface area contributed by atoms with Gasteiger partial charge in [-0.25, -0.2) is 4.79 Å². The molecule has 2 aromatic rings. The van der Waals surface area contributed by atoms with Crippen LogP contribution in [0.2, 0.25) is 5.02 Å². The number of ether oxygens (including phenoxy) is 1. The second kappa shape index (κ2) is 3.47. The molecule has 0 amide bonds. The predicted molar refractivity (Wildman–Crippen MR) is 54.7 cm³/mol. The molecule has 0 saturated heterocycles. The van der Waals surface area contributed by atoms with Crippen molar-refractivity contribution in [2.75, 3.05) is 7.11 Å². The molecular formula is C10H7ClO4. The Morgan fingerprint density at radius 1 is 1.53 bits per heavy atom. The van der Waals surface area contributed by atoms with Gasteiger partial charge in [-0.1, -0.05) is 11.6 Å². The van der Waals surface area contributed by atoms with E-state index in [2.05, 4.69) is 0 Å². The lowest BCUT2D eigenvalue weighted by Gasteiger charge is -2.00. The minimum atomic E-state index is -1.13. The number of carboxylic acids is 1. The lowest BCUT2D eigenvalue weighted by Crippen LogP contribution is -1.91. The molecule has 1 aromatic heterocycles. The molecule has 5 heteroatoms. The van der Waals surface area contributed by atoms with Crippen LogP contribution in [-0.2, 0) is 0 Å². The van der Waals surface area contributed by atoms with Gasteiger partial charge in [0.15, 0.2) is 5.58 Å². The molecule has 15 heavy (non-hydrogen) atoms. The zero-order chi connectivity index (χ0) is 11.0. The van der Waals surface area contributed by atoms with Gasteiger partial charge in [0.1, 0.15) is 5.75 Å². The van der Waals surface area contributed by atoms with Gasteiger partial charge in [-0.2, -0.15) is 0 Å². The number of hydrogen-bond donors (Lipinski definition) is 1. The van der Waals surface area contributed by atoms with Crippen molar-refractivity contribution >= 4 is 28.5 Å². The molecule has 0 aliphatic carbocycles. The lowest BCUT2D eigenvalue weighted by atomic mass is 10.2. The Morgan fingerprint density at radius 3 is 2.87 bits per heavy atom. The Hall–Kier alpha value is -1.68. The molecule has 0 aliphatic heterocycles. The van der Waals surface area contributed by atoms with Crippen LogP contribution in [0, 0.1) is 0 Å². The second-order valence-electron chi connectivity index (χ2n) is 2.91. The zero-order valence-electron chi connectivity index (χ0n) is 7.78. The SMILES string of the molecule is COc1ccc(Cl)c2oc(C(=O)O)cc12. The number of furan rings is 1. The highest BCUT2D eigenvalue weighted by atomic mass is 35.5. The summed E-state index contributed by atoms with van der Waals surface area (Å²) < 4.78 is 10.2. The monoisotopic (exact) mass is 226 g/mol. The summed E-state index contributed by atoms with van der Waals surface area (Å²) >= 11 is 5.86. The van der Waals surface area contributed by atoms with E-state index in [0.717, 1.165) is 0 Å². The van der Waals surface area contributed by atoms with Gasteiger partial charge in [0.05, 0.1) is 17.5 Å². The van der Waals surface area contributed by atoms with E-state index in [1.807, 2.05) is 0 Å². The normalized spacial score (nSPS) is 10.5. The molecular weight excluding hydrogens is 220 g/mol. The maximum atomic E-state index is 10.7. The van der Waals surface area contributed by atoms with Crippen molar-refractivity contribution in [3.8, 4) is 5.75 Å². The number of aromatic carboxylic acids is 1. The molecule has 0 aliphatic rings. The van der Waals surface area contributed by atoms with Crippen molar-refractivity contribution < 1.29 is 19.1 Å². The number of rotatable bonds is 2. The second-order valence-corrected chi connectivity index (χ2v) is 3.32. The van der Waals surface area contributed by atoms with Gasteiger partial charge >= 0.3 is 5.97 Å². The molecule has 0 saturated carbocycles. The van der Waals surface area contributed by atoms with Gasteiger partial charge in [0, 0.05) is 6.07 Å². The van der Waals surface area contributed by atoms with Crippen molar-refractivity contribution in [1.29, 1.82) is 0 Å². The van der Waals surface area contributed by atoms with Crippen molar-refractivity contribution in [2.45, 2.75) is 0 Å². The van der Waals surface area contributed by atoms with E-state index in [0.29, 0.717) is 21.7 Å². The van der Waals surface area contributed by atoms with Gasteiger partial charge in [0.25, 0.3) is 0 Å². The number of methoxy groups -OCH3 is 1. The maximum absolute atomic E-state index is 10.7. The topological polar surface area (TPSA) is 59.7 Å². The van der Waals surface area contributed by atoms with Gasteiger partial charge in [-0.15, -0.1) is 0 Å². The van der Waals surface area contributed by atoms with E-state index >= 15 is 0 Å². The highest BCUT2D eigenvalue weighted by Crippen LogP contribution is 2.33. The summed E-state index contributed by atoms with van der Waals surface area (Å²) in [6.07, 6.45) is 0. The number of benzene rings is 1. The average molecular weight is 227 g/mol. The van der Waals surface area contributed by atoms with Crippen LogP contribution in [0.15, 0.2) is 22.6 Å². The van der Waals surface area contributed by atoms with Crippen molar-refractivity contribution in [3.05, 3.63) is 29.0 Å². The molecule has 1 aromatic carbocycles. The van der Waals surface area contributed by atoms with Gasteiger partial charge in [-0.05, 0) is 12.1 Å². The third kappa shape index (κ3) is 1.53. The van der Waals surface area contributed by atoms with Crippen LogP contribution in [0.1, 0.15) is 10.6 Å². The summed E-state index contributed by atoms with van der Waals surface area (Å²) in [5.41, 5.74) is 0.327. The third-order valence-corrected chi connectivity index (χ3v) is 2.32. The number of hydrogen-bond acceptors (Lipinski definition) is 3. The van der Waals surface area contributed by atoms with E-state index in [1.54, 1.807) is 12.1 Å². The van der Waals surface area contributed by atoms with Crippen LogP contribution >= 0.6 is 11.6 Å². The van der Waals surface area contributed by atoms with E-state index < -0.39 is 5.97 Å². The standard InChI is InChI=1S/C10H7ClO4/c1-14-7-3-2-6(11)9-5(7)4-8(15-9)10(12)13/h2-4H,1H3,(H,12,13). The molecule has 0 radical (unpaired) electrons. The molecule has 0 bridgehead atoms. The molecule has 1 heterocycles. The first-order valence-electron chi connectivity index (χ1n) is 4.13. The predicted octanol–water partition coefficient (Wildman–Crippen LogP) is 2.79. The van der Waals surface area contributed by atoms with Gasteiger partial charge in [0.2, 0.25) is 5.76 Å². The number of fused-ring (bicyclic) bond motifs is 1. The third-order valence-electron chi connectivity index (χ3n) is 2.03. The Morgan fingerprint density at radius 2 is 2.27 bits per heavy atom. The molecule has 0 atom stereocenters. The average Bonchev–Trinajstić information content (AvgIpc) is 2.64. The van der Waals surface area contributed by atoms with Crippen molar-refractivity contribution in [3.63, 3.8) is 0 Å². The molecule has 4 nitrogen and oxygen atoms in total. The lowest BCUT2D eigenvalue weighted by molar-refractivity contribution is 0.0665. The first kappa shape index (κ1) is 9.86. The quantitative estimate of drug-likeness (QED) is 0.855. The number of halogens is 1. The highest BCUT2D eigenvalue weighted by Gasteiger charge is 2.15. The summed E-state index contributed by atoms with van der Waals surface area (Å²) in [5, 5.41) is 9.68. The zero-order valence-corrected chi connectivity index (χ0v) is 8.54. The fraction of sp³-hybridized carbons (Fsp3) is 0.100. The fourth-order valence-corrected chi connectivity index (χ4v) is 1.55. The maximum Gasteiger partial charge on any atom is 0.371 e. The summed E-state index contributed by atoms with van der Waals surface area (Å²) in [5.74, 6) is -0.758. The minimum absolute atomic E-state index is 0.156. The Labute approximate surface area is 90.0 Å². The molecule has 1 N–H and O–H groups in total. The van der Waals surface area contributed by atoms with E-state index in [9.17, 15) is 4.79 Å². The van der Waals surface area contributed by atoms with E-state index in [4.69, 9.17) is 25.9 Å². The molecule has 0 fully saturated rings. The Kier molecular flexibility index (Phi) is 2.28. The summed E-state index contributed by atoms with van der Waals surface area (Å²) in [6.45, 7) is 0. The van der Waals surface area contributed by atoms with E-state index in [1.165, 1.54) is 13.2 Å². The fourth-order valence-electron chi connectivity index (χ4n) is 1.35. The van der Waals surface area contributed by atoms with Crippen molar-refractivity contribution in [1.82, 2.24) is 0 Å². The largest absolute Gasteiger partial charge is 0.496 e.